The molecule has 1 aliphatic carbocycles. The maximum Gasteiger partial charge on any atom is 0.247 e. The van der Waals surface area contributed by atoms with Gasteiger partial charge in [0.1, 0.15) is 11.5 Å². The van der Waals surface area contributed by atoms with E-state index in [1.54, 1.807) is 14.2 Å². The Kier molecular flexibility index (Phi) is 5.30. The summed E-state index contributed by atoms with van der Waals surface area (Å²) in [5.74, 6) is 2.85. The normalized spacial score (nSPS) is 14.9. The summed E-state index contributed by atoms with van der Waals surface area (Å²) in [7, 11) is 3.33. The van der Waals surface area contributed by atoms with Gasteiger partial charge in [-0.05, 0) is 61.7 Å². The molecule has 0 N–H and O–H groups in total. The molecule has 4 rings (SSSR count). The number of methoxy groups -OCH3 is 2. The van der Waals surface area contributed by atoms with Crippen molar-refractivity contribution in [3.63, 3.8) is 0 Å². The fraction of sp³-hybridized carbons (Fsp3) is 0.364. The number of rotatable bonds is 8. The van der Waals surface area contributed by atoms with Crippen molar-refractivity contribution in [2.45, 2.75) is 38.4 Å². The molecule has 0 radical (unpaired) electrons. The van der Waals surface area contributed by atoms with Gasteiger partial charge in [-0.3, -0.25) is 4.90 Å². The zero-order valence-corrected chi connectivity index (χ0v) is 16.5. The molecular formula is C22H25N3O3. The predicted octanol–water partition coefficient (Wildman–Crippen LogP) is 4.48. The minimum absolute atomic E-state index is 0.0501. The van der Waals surface area contributed by atoms with Crippen LogP contribution in [0.2, 0.25) is 0 Å². The van der Waals surface area contributed by atoms with Gasteiger partial charge in [0.2, 0.25) is 11.8 Å². The first-order valence-electron chi connectivity index (χ1n) is 9.54. The van der Waals surface area contributed by atoms with E-state index in [0.29, 0.717) is 17.8 Å². The van der Waals surface area contributed by atoms with Gasteiger partial charge in [-0.1, -0.05) is 12.1 Å². The van der Waals surface area contributed by atoms with E-state index in [4.69, 9.17) is 13.9 Å². The summed E-state index contributed by atoms with van der Waals surface area (Å²) in [4.78, 5) is 2.44. The second kappa shape index (κ2) is 8.02. The van der Waals surface area contributed by atoms with Crippen LogP contribution in [0.25, 0.3) is 11.5 Å². The summed E-state index contributed by atoms with van der Waals surface area (Å²) in [6.07, 6.45) is 2.42. The average Bonchev–Trinajstić information content (AvgIpc) is 3.47. The van der Waals surface area contributed by atoms with E-state index in [9.17, 15) is 0 Å². The largest absolute Gasteiger partial charge is 0.497 e. The molecule has 1 saturated carbocycles. The summed E-state index contributed by atoms with van der Waals surface area (Å²) < 4.78 is 16.5. The maximum absolute atomic E-state index is 6.01. The van der Waals surface area contributed by atoms with E-state index in [1.165, 1.54) is 18.4 Å². The molecule has 28 heavy (non-hydrogen) atoms. The van der Waals surface area contributed by atoms with Crippen LogP contribution >= 0.6 is 0 Å². The van der Waals surface area contributed by atoms with Crippen LogP contribution < -0.4 is 9.47 Å². The lowest BCUT2D eigenvalue weighted by atomic mass is 10.1. The van der Waals surface area contributed by atoms with Gasteiger partial charge < -0.3 is 13.9 Å². The van der Waals surface area contributed by atoms with Gasteiger partial charge >= 0.3 is 0 Å². The SMILES string of the molecule is COc1ccc(CN(C2CC2)[C@H](C)c2nnc(-c3ccc(OC)cc3)o2)cc1. The van der Waals surface area contributed by atoms with E-state index in [0.717, 1.165) is 23.6 Å². The van der Waals surface area contributed by atoms with Crippen molar-refractivity contribution in [1.82, 2.24) is 15.1 Å². The highest BCUT2D eigenvalue weighted by molar-refractivity contribution is 5.54. The molecule has 0 unspecified atom stereocenters. The summed E-state index contributed by atoms with van der Waals surface area (Å²) in [6.45, 7) is 2.98. The predicted molar refractivity (Wildman–Crippen MR) is 106 cm³/mol. The van der Waals surface area contributed by atoms with Crippen molar-refractivity contribution in [3.8, 4) is 23.0 Å². The zero-order chi connectivity index (χ0) is 19.5. The Hall–Kier alpha value is -2.86. The molecule has 2 aromatic carbocycles. The highest BCUT2D eigenvalue weighted by Crippen LogP contribution is 2.36. The molecule has 6 nitrogen and oxygen atoms in total. The molecule has 146 valence electrons. The maximum atomic E-state index is 6.01. The summed E-state index contributed by atoms with van der Waals surface area (Å²) in [6, 6.07) is 16.5. The Labute approximate surface area is 165 Å². The van der Waals surface area contributed by atoms with Crippen LogP contribution in [0, 0.1) is 0 Å². The molecule has 0 saturated heterocycles. The van der Waals surface area contributed by atoms with Crippen LogP contribution in [0.4, 0.5) is 0 Å². The van der Waals surface area contributed by atoms with Gasteiger partial charge in [0.05, 0.1) is 20.3 Å². The van der Waals surface area contributed by atoms with Gasteiger partial charge in [-0.2, -0.15) is 0 Å². The van der Waals surface area contributed by atoms with E-state index < -0.39 is 0 Å². The minimum Gasteiger partial charge on any atom is -0.497 e. The third-order valence-electron chi connectivity index (χ3n) is 5.17. The summed E-state index contributed by atoms with van der Waals surface area (Å²) >= 11 is 0. The van der Waals surface area contributed by atoms with Crippen molar-refractivity contribution in [2.24, 2.45) is 0 Å². The third kappa shape index (κ3) is 4.02. The molecule has 0 aliphatic heterocycles. The van der Waals surface area contributed by atoms with Crippen LogP contribution in [0.5, 0.6) is 11.5 Å². The van der Waals surface area contributed by atoms with Crippen LogP contribution in [0.3, 0.4) is 0 Å². The number of ether oxygens (including phenoxy) is 2. The monoisotopic (exact) mass is 379 g/mol. The van der Waals surface area contributed by atoms with Crippen LogP contribution in [0.15, 0.2) is 52.9 Å². The lowest BCUT2D eigenvalue weighted by Crippen LogP contribution is -2.29. The van der Waals surface area contributed by atoms with Gasteiger partial charge in [0, 0.05) is 18.2 Å². The van der Waals surface area contributed by atoms with Crippen LogP contribution in [-0.2, 0) is 6.54 Å². The van der Waals surface area contributed by atoms with Crippen molar-refractivity contribution >= 4 is 0 Å². The molecule has 1 heterocycles. The first-order valence-corrected chi connectivity index (χ1v) is 9.54. The summed E-state index contributed by atoms with van der Waals surface area (Å²) in [5, 5.41) is 8.58. The molecule has 1 aliphatic rings. The highest BCUT2D eigenvalue weighted by Gasteiger charge is 2.35. The van der Waals surface area contributed by atoms with Gasteiger partial charge in [-0.15, -0.1) is 10.2 Å². The lowest BCUT2D eigenvalue weighted by molar-refractivity contribution is 0.165. The number of aromatic nitrogens is 2. The van der Waals surface area contributed by atoms with Crippen LogP contribution in [0.1, 0.15) is 37.3 Å². The number of hydrogen-bond acceptors (Lipinski definition) is 6. The Morgan fingerprint density at radius 3 is 2.14 bits per heavy atom. The second-order valence-electron chi connectivity index (χ2n) is 7.10. The molecular weight excluding hydrogens is 354 g/mol. The molecule has 6 heteroatoms. The number of nitrogens with zero attached hydrogens (tertiary/aromatic N) is 3. The Morgan fingerprint density at radius 1 is 0.964 bits per heavy atom. The minimum atomic E-state index is 0.0501. The smallest absolute Gasteiger partial charge is 0.247 e. The van der Waals surface area contributed by atoms with E-state index in [1.807, 2.05) is 36.4 Å². The van der Waals surface area contributed by atoms with Crippen molar-refractivity contribution in [2.75, 3.05) is 14.2 Å². The lowest BCUT2D eigenvalue weighted by Gasteiger charge is -2.26. The molecule has 1 atom stereocenters. The third-order valence-corrected chi connectivity index (χ3v) is 5.17. The Balaban J connectivity index is 1.50. The van der Waals surface area contributed by atoms with Crippen LogP contribution in [-0.4, -0.2) is 35.4 Å². The van der Waals surface area contributed by atoms with Gasteiger partial charge in [0.15, 0.2) is 0 Å². The Bertz CT molecular complexity index is 902. The Morgan fingerprint density at radius 2 is 1.57 bits per heavy atom. The molecule has 3 aromatic rings. The van der Waals surface area contributed by atoms with Crippen molar-refractivity contribution < 1.29 is 13.9 Å². The first kappa shape index (κ1) is 18.5. The zero-order valence-electron chi connectivity index (χ0n) is 16.5. The molecule has 0 spiro atoms. The highest BCUT2D eigenvalue weighted by atomic mass is 16.5. The first-order chi connectivity index (χ1) is 13.7. The second-order valence-corrected chi connectivity index (χ2v) is 7.10. The fourth-order valence-electron chi connectivity index (χ4n) is 3.33. The molecule has 0 bridgehead atoms. The number of hydrogen-bond donors (Lipinski definition) is 0. The van der Waals surface area contributed by atoms with E-state index in [2.05, 4.69) is 34.2 Å². The average molecular weight is 379 g/mol. The van der Waals surface area contributed by atoms with Gasteiger partial charge in [-0.25, -0.2) is 0 Å². The number of benzene rings is 2. The van der Waals surface area contributed by atoms with Crippen molar-refractivity contribution in [3.05, 3.63) is 60.0 Å². The summed E-state index contributed by atoms with van der Waals surface area (Å²) in [5.41, 5.74) is 2.13. The quantitative estimate of drug-likeness (QED) is 0.575. The topological polar surface area (TPSA) is 60.6 Å². The van der Waals surface area contributed by atoms with E-state index in [-0.39, 0.29) is 6.04 Å². The van der Waals surface area contributed by atoms with Gasteiger partial charge in [0.25, 0.3) is 0 Å². The fourth-order valence-corrected chi connectivity index (χ4v) is 3.33. The molecule has 1 aromatic heterocycles. The molecule has 1 fully saturated rings. The van der Waals surface area contributed by atoms with Crippen molar-refractivity contribution in [1.29, 1.82) is 0 Å². The van der Waals surface area contributed by atoms with E-state index >= 15 is 0 Å². The standard InChI is InChI=1S/C22H25N3O3/c1-15(21-23-24-22(28-21)17-6-12-20(27-3)13-7-17)25(18-8-9-18)14-16-4-10-19(26-2)11-5-16/h4-7,10-13,15,18H,8-9,14H2,1-3H3/t15-/m1/s1. The molecule has 0 amide bonds.